The number of nitrogens with zero attached hydrogens (tertiary/aromatic N) is 3. The second kappa shape index (κ2) is 18.3. The van der Waals surface area contributed by atoms with Crippen LogP contribution in [0.25, 0.3) is 23.2 Å². The number of aliphatic hydroxyl groups excluding tert-OH is 1. The molecular weight excluding hydrogens is 719 g/mol. The number of carbonyl (C=O) groups is 1. The van der Waals surface area contributed by atoms with Crippen molar-refractivity contribution >= 4 is 24.7 Å². The summed E-state index contributed by atoms with van der Waals surface area (Å²) in [6.45, 7) is 14.4. The third kappa shape index (κ3) is 11.0. The van der Waals surface area contributed by atoms with E-state index in [9.17, 15) is 9.90 Å². The molecule has 0 aliphatic carbocycles. The minimum atomic E-state index is -2.99. The summed E-state index contributed by atoms with van der Waals surface area (Å²) < 4.78 is 40.0. The van der Waals surface area contributed by atoms with Crippen LogP contribution in [0.2, 0.25) is 5.04 Å². The van der Waals surface area contributed by atoms with Crippen molar-refractivity contribution in [1.82, 2.24) is 15.0 Å². The molecule has 0 aliphatic rings. The molecule has 3 heterocycles. The van der Waals surface area contributed by atoms with E-state index < -0.39 is 26.1 Å². The number of methoxy groups -OCH3 is 1. The molecule has 0 amide bonds. The molecule has 3 aromatic heterocycles. The van der Waals surface area contributed by atoms with Crippen LogP contribution in [0.1, 0.15) is 85.2 Å². The average molecular weight is 772 g/mol. The number of hydrogen-bond donors (Lipinski definition) is 1. The highest BCUT2D eigenvalue weighted by atomic mass is 28.4. The molecule has 0 radical (unpaired) electrons. The highest BCUT2D eigenvalue weighted by Crippen LogP contribution is 2.38. The van der Waals surface area contributed by atoms with Crippen LogP contribution in [0.5, 0.6) is 0 Å². The van der Waals surface area contributed by atoms with Gasteiger partial charge in [-0.15, -0.1) is 0 Å². The molecule has 1 unspecified atom stereocenters. The fraction of sp³-hybridized carbons (Fsp3) is 0.429. The second-order valence-corrected chi connectivity index (χ2v) is 19.8. The third-order valence-corrected chi connectivity index (χ3v) is 14.0. The number of esters is 1. The molecule has 12 nitrogen and oxygen atoms in total. The molecule has 55 heavy (non-hydrogen) atoms. The molecule has 5 aromatic rings. The van der Waals surface area contributed by atoms with Crippen molar-refractivity contribution in [2.24, 2.45) is 0 Å². The van der Waals surface area contributed by atoms with E-state index >= 15 is 0 Å². The van der Waals surface area contributed by atoms with Crippen LogP contribution in [0.15, 0.2) is 105 Å². The van der Waals surface area contributed by atoms with Gasteiger partial charge in [0.05, 0.1) is 24.3 Å². The predicted octanol–water partition coefficient (Wildman–Crippen LogP) is 7.58. The van der Waals surface area contributed by atoms with E-state index in [1.807, 2.05) is 70.2 Å². The number of hydrogen-bond acceptors (Lipinski definition) is 12. The molecule has 0 spiro atoms. The zero-order valence-corrected chi connectivity index (χ0v) is 34.0. The van der Waals surface area contributed by atoms with E-state index in [4.69, 9.17) is 31.9 Å². The largest absolute Gasteiger partial charge is 0.460 e. The van der Waals surface area contributed by atoms with E-state index in [0.29, 0.717) is 35.8 Å². The Morgan fingerprint density at radius 2 is 1.45 bits per heavy atom. The maximum Gasteiger partial charge on any atom is 0.308 e. The van der Waals surface area contributed by atoms with E-state index in [-0.39, 0.29) is 48.5 Å². The number of ether oxygens (including phenoxy) is 3. The van der Waals surface area contributed by atoms with Gasteiger partial charge in [-0.2, -0.15) is 0 Å². The van der Waals surface area contributed by atoms with Gasteiger partial charge in [0.15, 0.2) is 11.4 Å². The maximum absolute atomic E-state index is 13.3. The maximum atomic E-state index is 13.3. The zero-order valence-electron chi connectivity index (χ0n) is 33.0. The molecule has 0 bridgehead atoms. The first kappa shape index (κ1) is 41.5. The SMILES string of the molecule is COCOCc1nc(-c2nc(-c3nc([C@@H](C)CC(O)/C=C/C[C@@H](CC(=O)OC(C)(C)C)O[Si](c4ccccc4)(c4ccccc4)C(C)(C)C)co3)co2)co1. The van der Waals surface area contributed by atoms with Crippen LogP contribution in [0.3, 0.4) is 0 Å². The van der Waals surface area contributed by atoms with E-state index in [0.717, 1.165) is 10.4 Å². The Morgan fingerprint density at radius 3 is 2.07 bits per heavy atom. The summed E-state index contributed by atoms with van der Waals surface area (Å²) in [7, 11) is -1.45. The predicted molar refractivity (Wildman–Crippen MR) is 210 cm³/mol. The lowest BCUT2D eigenvalue weighted by Crippen LogP contribution is -2.67. The molecule has 5 rings (SSSR count). The fourth-order valence-corrected chi connectivity index (χ4v) is 11.1. The standard InChI is InChI=1S/C42H53N3O9Si/c1-29(34-24-51-40(44-34)36-26-52-39(45-36)35-25-50-37(43-35)27-49-28-48-8)22-30(46)16-15-17-31(23-38(47)53-41(2,3)4)54-55(42(5,6)7,32-18-11-9-12-19-32)33-20-13-10-14-21-33/h9-16,18-21,24-26,29-31,46H,17,22-23,27-28H2,1-8H3/b16-15+/t29-,30?,31-/m0/s1. The quantitative estimate of drug-likeness (QED) is 0.0307. The Balaban J connectivity index is 1.29. The van der Waals surface area contributed by atoms with E-state index in [2.05, 4.69) is 60.0 Å². The summed E-state index contributed by atoms with van der Waals surface area (Å²) >= 11 is 0. The first-order valence-electron chi connectivity index (χ1n) is 18.5. The topological polar surface area (TPSA) is 152 Å². The minimum absolute atomic E-state index is 0.0602. The normalized spacial score (nSPS) is 14.3. The summed E-state index contributed by atoms with van der Waals surface area (Å²) in [6, 6.07) is 20.6. The van der Waals surface area contributed by atoms with Crippen molar-refractivity contribution in [2.75, 3.05) is 13.9 Å². The van der Waals surface area contributed by atoms with Gasteiger partial charge < -0.3 is 37.0 Å². The van der Waals surface area contributed by atoms with Crippen LogP contribution in [0, 0.1) is 0 Å². The number of rotatable bonds is 18. The Hall–Kier alpha value is -4.66. The van der Waals surface area contributed by atoms with Crippen molar-refractivity contribution in [3.05, 3.63) is 103 Å². The highest BCUT2D eigenvalue weighted by Gasteiger charge is 2.51. The number of oxazole rings is 3. The monoisotopic (exact) mass is 771 g/mol. The number of aromatic nitrogens is 3. The molecular formula is C42H53N3O9Si. The van der Waals surface area contributed by atoms with E-state index in [1.165, 1.54) is 19.6 Å². The van der Waals surface area contributed by atoms with Gasteiger partial charge in [0.1, 0.15) is 37.8 Å². The minimum Gasteiger partial charge on any atom is -0.460 e. The lowest BCUT2D eigenvalue weighted by atomic mass is 10.00. The first-order valence-corrected chi connectivity index (χ1v) is 20.4. The van der Waals surface area contributed by atoms with Crippen LogP contribution in [-0.4, -0.2) is 66.1 Å². The molecule has 2 aromatic carbocycles. The van der Waals surface area contributed by atoms with Crippen LogP contribution < -0.4 is 10.4 Å². The van der Waals surface area contributed by atoms with Crippen molar-refractivity contribution in [3.63, 3.8) is 0 Å². The first-order chi connectivity index (χ1) is 26.2. The van der Waals surface area contributed by atoms with Gasteiger partial charge in [-0.3, -0.25) is 4.79 Å². The molecule has 294 valence electrons. The zero-order chi connectivity index (χ0) is 39.6. The number of carbonyl (C=O) groups excluding carboxylic acids is 1. The lowest BCUT2D eigenvalue weighted by molar-refractivity contribution is -0.156. The Morgan fingerprint density at radius 1 is 0.855 bits per heavy atom. The van der Waals surface area contributed by atoms with Crippen molar-refractivity contribution < 1.29 is 41.8 Å². The number of aliphatic hydroxyl groups is 1. The molecule has 0 saturated heterocycles. The summed E-state index contributed by atoms with van der Waals surface area (Å²) in [4.78, 5) is 26.7. The van der Waals surface area contributed by atoms with E-state index in [1.54, 1.807) is 12.3 Å². The fourth-order valence-electron chi connectivity index (χ4n) is 6.44. The van der Waals surface area contributed by atoms with Crippen molar-refractivity contribution in [1.29, 1.82) is 0 Å². The average Bonchev–Trinajstić information content (AvgIpc) is 3.92. The van der Waals surface area contributed by atoms with Crippen LogP contribution in [0.4, 0.5) is 0 Å². The molecule has 0 aliphatic heterocycles. The third-order valence-electron chi connectivity index (χ3n) is 8.87. The smallest absolute Gasteiger partial charge is 0.308 e. The van der Waals surface area contributed by atoms with Gasteiger partial charge in [-0.05, 0) is 49.0 Å². The summed E-state index contributed by atoms with van der Waals surface area (Å²) in [6.07, 6.45) is 7.60. The molecule has 0 saturated carbocycles. The van der Waals surface area contributed by atoms with Crippen molar-refractivity contribution in [2.45, 2.75) is 103 Å². The molecule has 13 heteroatoms. The van der Waals surface area contributed by atoms with Crippen molar-refractivity contribution in [3.8, 4) is 23.2 Å². The molecule has 0 fully saturated rings. The van der Waals surface area contributed by atoms with Crippen LogP contribution >= 0.6 is 0 Å². The Labute approximate surface area is 324 Å². The second-order valence-electron chi connectivity index (χ2n) is 15.6. The van der Waals surface area contributed by atoms with Gasteiger partial charge in [0.2, 0.25) is 17.7 Å². The number of benzene rings is 2. The molecule has 1 N–H and O–H groups in total. The summed E-state index contributed by atoms with van der Waals surface area (Å²) in [5, 5.41) is 13.1. The Kier molecular flexibility index (Phi) is 13.8. The van der Waals surface area contributed by atoms with Gasteiger partial charge in [-0.1, -0.05) is 101 Å². The molecule has 3 atom stereocenters. The van der Waals surface area contributed by atoms with Gasteiger partial charge in [0, 0.05) is 13.0 Å². The lowest BCUT2D eigenvalue weighted by Gasteiger charge is -2.45. The van der Waals surface area contributed by atoms with Gasteiger partial charge in [-0.25, -0.2) is 15.0 Å². The highest BCUT2D eigenvalue weighted by molar-refractivity contribution is 6.99. The summed E-state index contributed by atoms with van der Waals surface area (Å²) in [5.74, 6) is 0.391. The van der Waals surface area contributed by atoms with Gasteiger partial charge in [0.25, 0.3) is 8.32 Å². The summed E-state index contributed by atoms with van der Waals surface area (Å²) in [5.41, 5.74) is 0.816. The Bertz CT molecular complexity index is 1920. The van der Waals surface area contributed by atoms with Gasteiger partial charge >= 0.3 is 5.97 Å². The van der Waals surface area contributed by atoms with Crippen LogP contribution in [-0.2, 0) is 30.0 Å².